The first kappa shape index (κ1) is 9.66. The van der Waals surface area contributed by atoms with Crippen molar-refractivity contribution in [2.75, 3.05) is 7.11 Å². The SMILES string of the molecule is COOC=O.[H-].[Na+]. The van der Waals surface area contributed by atoms with Gasteiger partial charge in [0.15, 0.2) is 0 Å². The normalized spacial score (nSPS) is 5.50. The van der Waals surface area contributed by atoms with Gasteiger partial charge in [-0.25, -0.2) is 0 Å². The molecule has 0 aliphatic heterocycles. The Morgan fingerprint density at radius 2 is 2.33 bits per heavy atom. The molecule has 0 fully saturated rings. The van der Waals surface area contributed by atoms with Gasteiger partial charge in [-0.15, -0.1) is 0 Å². The summed E-state index contributed by atoms with van der Waals surface area (Å²) in [5, 5.41) is 0. The minimum absolute atomic E-state index is 0. The van der Waals surface area contributed by atoms with Crippen LogP contribution in [-0.4, -0.2) is 13.6 Å². The summed E-state index contributed by atoms with van der Waals surface area (Å²) in [5.74, 6) is 0. The summed E-state index contributed by atoms with van der Waals surface area (Å²) in [5.41, 5.74) is 0. The van der Waals surface area contributed by atoms with E-state index in [0.29, 0.717) is 0 Å². The monoisotopic (exact) mass is 100 g/mol. The Kier molecular flexibility index (Phi) is 14.6. The molecule has 0 amide bonds. The van der Waals surface area contributed by atoms with Gasteiger partial charge in [0.25, 0.3) is 0 Å². The van der Waals surface area contributed by atoms with Crippen molar-refractivity contribution < 1.29 is 45.6 Å². The fourth-order valence-corrected chi connectivity index (χ4v) is 0.0393. The topological polar surface area (TPSA) is 35.5 Å². The van der Waals surface area contributed by atoms with Crippen molar-refractivity contribution in [1.82, 2.24) is 0 Å². The molecule has 6 heavy (non-hydrogen) atoms. The van der Waals surface area contributed by atoms with E-state index in [9.17, 15) is 0 Å². The third kappa shape index (κ3) is 8.83. The molecule has 0 aromatic heterocycles. The van der Waals surface area contributed by atoms with Crippen LogP contribution in [0.4, 0.5) is 0 Å². The van der Waals surface area contributed by atoms with Crippen LogP contribution in [0.1, 0.15) is 1.43 Å². The van der Waals surface area contributed by atoms with Gasteiger partial charge in [-0.3, -0.25) is 4.79 Å². The summed E-state index contributed by atoms with van der Waals surface area (Å²) < 4.78 is 0. The van der Waals surface area contributed by atoms with Crippen LogP contribution in [-0.2, 0) is 14.6 Å². The molecule has 0 N–H and O–H groups in total. The zero-order chi connectivity index (χ0) is 4.12. The van der Waals surface area contributed by atoms with E-state index in [4.69, 9.17) is 4.79 Å². The molecule has 0 unspecified atom stereocenters. The van der Waals surface area contributed by atoms with Crippen LogP contribution in [0.2, 0.25) is 0 Å². The van der Waals surface area contributed by atoms with Gasteiger partial charge >= 0.3 is 36.0 Å². The van der Waals surface area contributed by atoms with E-state index in [-0.39, 0.29) is 37.5 Å². The molecule has 4 heteroatoms. The van der Waals surface area contributed by atoms with Gasteiger partial charge in [0.1, 0.15) is 0 Å². The summed E-state index contributed by atoms with van der Waals surface area (Å²) in [6.45, 7) is 0.208. The summed E-state index contributed by atoms with van der Waals surface area (Å²) in [6.07, 6.45) is 0. The Hall–Kier alpha value is 0.430. The average Bonchev–Trinajstić information content (AvgIpc) is 1.41. The molecule has 0 radical (unpaired) electrons. The van der Waals surface area contributed by atoms with E-state index < -0.39 is 0 Å². The van der Waals surface area contributed by atoms with E-state index >= 15 is 0 Å². The largest absolute Gasteiger partial charge is 1.00 e. The molecule has 0 spiro atoms. The van der Waals surface area contributed by atoms with Crippen molar-refractivity contribution in [1.29, 1.82) is 0 Å². The molecule has 0 saturated carbocycles. The van der Waals surface area contributed by atoms with Crippen LogP contribution in [0.5, 0.6) is 0 Å². The molecule has 0 aliphatic carbocycles. The van der Waals surface area contributed by atoms with Gasteiger partial charge in [0.05, 0.1) is 7.11 Å². The molecular formula is C2H5NaO3. The van der Waals surface area contributed by atoms with Gasteiger partial charge in [0, 0.05) is 0 Å². The maximum atomic E-state index is 9.06. The molecule has 32 valence electrons. The third-order valence-electron chi connectivity index (χ3n) is 0.136. The van der Waals surface area contributed by atoms with Crippen molar-refractivity contribution in [3.05, 3.63) is 0 Å². The molecule has 3 nitrogen and oxygen atoms in total. The zero-order valence-electron chi connectivity index (χ0n) is 4.80. The van der Waals surface area contributed by atoms with Gasteiger partial charge in [-0.2, -0.15) is 4.89 Å². The van der Waals surface area contributed by atoms with E-state index in [1.165, 1.54) is 7.11 Å². The molecule has 0 aromatic carbocycles. The predicted molar refractivity (Wildman–Crippen MR) is 15.3 cm³/mol. The fraction of sp³-hybridized carbons (Fsp3) is 0.500. The fourth-order valence-electron chi connectivity index (χ4n) is 0.0393. The summed E-state index contributed by atoms with van der Waals surface area (Å²) in [4.78, 5) is 16.5. The maximum absolute atomic E-state index is 9.06. The standard InChI is InChI=1S/C2H4O3.Na.H/c1-4-5-2-3;;/h2H,1H3;;/q;+1;-1. The molecule has 0 saturated heterocycles. The van der Waals surface area contributed by atoms with E-state index in [2.05, 4.69) is 9.78 Å². The molecule has 0 aromatic rings. The molecule has 0 rings (SSSR count). The third-order valence-corrected chi connectivity index (χ3v) is 0.136. The quantitative estimate of drug-likeness (QED) is 0.159. The van der Waals surface area contributed by atoms with Crippen molar-refractivity contribution in [3.63, 3.8) is 0 Å². The summed E-state index contributed by atoms with van der Waals surface area (Å²) in [6, 6.07) is 0. The van der Waals surface area contributed by atoms with Crippen molar-refractivity contribution in [2.45, 2.75) is 0 Å². The number of carbonyl (C=O) groups excluding carboxylic acids is 1. The van der Waals surface area contributed by atoms with Gasteiger partial charge in [0.2, 0.25) is 0 Å². The van der Waals surface area contributed by atoms with Crippen molar-refractivity contribution in [2.24, 2.45) is 0 Å². The van der Waals surface area contributed by atoms with E-state index in [1.807, 2.05) is 0 Å². The van der Waals surface area contributed by atoms with Crippen LogP contribution >= 0.6 is 0 Å². The van der Waals surface area contributed by atoms with Crippen LogP contribution < -0.4 is 29.6 Å². The van der Waals surface area contributed by atoms with Gasteiger partial charge in [-0.1, -0.05) is 0 Å². The van der Waals surface area contributed by atoms with E-state index in [0.717, 1.165) is 0 Å². The number of carbonyl (C=O) groups is 1. The van der Waals surface area contributed by atoms with Crippen LogP contribution in [0.3, 0.4) is 0 Å². The Labute approximate surface area is 59.3 Å². The molecule has 0 heterocycles. The van der Waals surface area contributed by atoms with Crippen LogP contribution in [0.25, 0.3) is 0 Å². The first-order valence-electron chi connectivity index (χ1n) is 1.05. The number of hydrogen-bond acceptors (Lipinski definition) is 3. The second-order valence-electron chi connectivity index (χ2n) is 0.359. The molecule has 0 aliphatic rings. The molecular weight excluding hydrogens is 95.0 g/mol. The first-order valence-corrected chi connectivity index (χ1v) is 1.05. The van der Waals surface area contributed by atoms with Crippen LogP contribution in [0, 0.1) is 0 Å². The van der Waals surface area contributed by atoms with Crippen LogP contribution in [0.15, 0.2) is 0 Å². The Bertz CT molecular complexity index is 34.1. The predicted octanol–water partition coefficient (Wildman–Crippen LogP) is -3.16. The summed E-state index contributed by atoms with van der Waals surface area (Å²) in [7, 11) is 1.26. The zero-order valence-corrected chi connectivity index (χ0v) is 5.80. The number of rotatable bonds is 2. The number of hydrogen-bond donors (Lipinski definition) is 0. The Morgan fingerprint density at radius 3 is 2.33 bits per heavy atom. The maximum Gasteiger partial charge on any atom is 1.00 e. The average molecular weight is 100 g/mol. The first-order chi connectivity index (χ1) is 2.41. The minimum Gasteiger partial charge on any atom is -1.00 e. The Balaban J connectivity index is -0.0000000800. The minimum atomic E-state index is 0. The van der Waals surface area contributed by atoms with Gasteiger partial charge in [-0.05, 0) is 0 Å². The second kappa shape index (κ2) is 9.06. The van der Waals surface area contributed by atoms with E-state index in [1.54, 1.807) is 0 Å². The van der Waals surface area contributed by atoms with Crippen molar-refractivity contribution >= 4 is 6.47 Å². The molecule has 0 bridgehead atoms. The molecule has 0 atom stereocenters. The summed E-state index contributed by atoms with van der Waals surface area (Å²) >= 11 is 0. The van der Waals surface area contributed by atoms with Gasteiger partial charge < -0.3 is 6.31 Å². The van der Waals surface area contributed by atoms with Crippen molar-refractivity contribution in [3.8, 4) is 0 Å². The smallest absolute Gasteiger partial charge is 1.00 e. The Morgan fingerprint density at radius 1 is 1.83 bits per heavy atom. The second-order valence-corrected chi connectivity index (χ2v) is 0.359.